The van der Waals surface area contributed by atoms with Crippen LogP contribution in [-0.4, -0.2) is 12.1 Å². The van der Waals surface area contributed by atoms with E-state index >= 15 is 0 Å². The van der Waals surface area contributed by atoms with E-state index in [0.717, 1.165) is 12.1 Å². The van der Waals surface area contributed by atoms with Crippen molar-refractivity contribution in [2.75, 3.05) is 12.4 Å². The summed E-state index contributed by atoms with van der Waals surface area (Å²) in [4.78, 5) is 4.20. The lowest BCUT2D eigenvalue weighted by Crippen LogP contribution is -2.10. The number of methoxy groups -OCH3 is 1. The van der Waals surface area contributed by atoms with E-state index in [4.69, 9.17) is 10.5 Å². The van der Waals surface area contributed by atoms with E-state index in [1.54, 1.807) is 13.3 Å². The number of rotatable bonds is 3. The van der Waals surface area contributed by atoms with Crippen molar-refractivity contribution in [2.24, 2.45) is 5.73 Å². The first-order valence-corrected chi connectivity index (χ1v) is 6.39. The standard InChI is InChI=1S/C15H17N3O/c1-19-15-7-6-10(9-17-15)18-14-8-13(16)11-4-2-3-5-12(11)14/h2-7,9,13-14,18H,8,16H2,1H3. The summed E-state index contributed by atoms with van der Waals surface area (Å²) in [5, 5.41) is 3.48. The monoisotopic (exact) mass is 255 g/mol. The largest absolute Gasteiger partial charge is 0.481 e. The summed E-state index contributed by atoms with van der Waals surface area (Å²) in [6.07, 6.45) is 2.69. The number of fused-ring (bicyclic) bond motifs is 1. The van der Waals surface area contributed by atoms with Crippen LogP contribution in [-0.2, 0) is 0 Å². The Labute approximate surface area is 112 Å². The van der Waals surface area contributed by atoms with Crippen molar-refractivity contribution < 1.29 is 4.74 Å². The van der Waals surface area contributed by atoms with Gasteiger partial charge in [0.2, 0.25) is 5.88 Å². The normalized spacial score (nSPS) is 20.9. The molecule has 4 nitrogen and oxygen atoms in total. The van der Waals surface area contributed by atoms with Crippen LogP contribution in [0.5, 0.6) is 5.88 Å². The predicted octanol–water partition coefficient (Wildman–Crippen LogP) is 2.65. The fourth-order valence-electron chi connectivity index (χ4n) is 2.60. The number of ether oxygens (including phenoxy) is 1. The molecule has 2 unspecified atom stereocenters. The van der Waals surface area contributed by atoms with Gasteiger partial charge >= 0.3 is 0 Å². The van der Waals surface area contributed by atoms with E-state index in [-0.39, 0.29) is 12.1 Å². The predicted molar refractivity (Wildman–Crippen MR) is 75.1 cm³/mol. The molecule has 1 aromatic carbocycles. The first-order valence-electron chi connectivity index (χ1n) is 6.39. The van der Waals surface area contributed by atoms with Crippen LogP contribution in [0.25, 0.3) is 0 Å². The summed E-state index contributed by atoms with van der Waals surface area (Å²) in [6.45, 7) is 0. The molecule has 1 aliphatic carbocycles. The van der Waals surface area contributed by atoms with Crippen LogP contribution in [0.1, 0.15) is 29.6 Å². The summed E-state index contributed by atoms with van der Waals surface area (Å²) >= 11 is 0. The van der Waals surface area contributed by atoms with Crippen LogP contribution in [0.15, 0.2) is 42.6 Å². The van der Waals surface area contributed by atoms with Crippen LogP contribution >= 0.6 is 0 Å². The fourth-order valence-corrected chi connectivity index (χ4v) is 2.60. The van der Waals surface area contributed by atoms with Gasteiger partial charge in [-0.3, -0.25) is 0 Å². The Kier molecular flexibility index (Phi) is 3.09. The fraction of sp³-hybridized carbons (Fsp3) is 0.267. The molecule has 0 saturated heterocycles. The molecular formula is C15H17N3O. The van der Waals surface area contributed by atoms with E-state index in [1.807, 2.05) is 18.2 Å². The number of hydrogen-bond acceptors (Lipinski definition) is 4. The minimum Gasteiger partial charge on any atom is -0.481 e. The summed E-state index contributed by atoms with van der Waals surface area (Å²) in [5.74, 6) is 0.620. The van der Waals surface area contributed by atoms with E-state index in [2.05, 4.69) is 28.5 Å². The maximum Gasteiger partial charge on any atom is 0.213 e. The Balaban J connectivity index is 1.81. The molecule has 1 aliphatic rings. The average Bonchev–Trinajstić information content (AvgIpc) is 2.77. The molecule has 0 spiro atoms. The van der Waals surface area contributed by atoms with Crippen LogP contribution in [0.2, 0.25) is 0 Å². The molecule has 0 fully saturated rings. The highest BCUT2D eigenvalue weighted by Gasteiger charge is 2.27. The molecule has 1 heterocycles. The Morgan fingerprint density at radius 1 is 1.21 bits per heavy atom. The number of nitrogens with zero attached hydrogens (tertiary/aromatic N) is 1. The van der Waals surface area contributed by atoms with Crippen molar-refractivity contribution in [3.05, 3.63) is 53.7 Å². The molecule has 0 amide bonds. The van der Waals surface area contributed by atoms with Gasteiger partial charge < -0.3 is 15.8 Å². The third-order valence-electron chi connectivity index (χ3n) is 3.55. The lowest BCUT2D eigenvalue weighted by Gasteiger charge is -2.15. The van der Waals surface area contributed by atoms with Gasteiger partial charge in [0.05, 0.1) is 25.0 Å². The second-order valence-corrected chi connectivity index (χ2v) is 4.76. The third kappa shape index (κ3) is 2.27. The molecule has 0 aliphatic heterocycles. The van der Waals surface area contributed by atoms with Gasteiger partial charge in [-0.05, 0) is 23.6 Å². The van der Waals surface area contributed by atoms with Gasteiger partial charge in [0.25, 0.3) is 0 Å². The first-order chi connectivity index (χ1) is 9.28. The summed E-state index contributed by atoms with van der Waals surface area (Å²) in [6, 6.07) is 12.5. The van der Waals surface area contributed by atoms with Gasteiger partial charge in [0, 0.05) is 12.1 Å². The van der Waals surface area contributed by atoms with Gasteiger partial charge in [-0.2, -0.15) is 0 Å². The highest BCUT2D eigenvalue weighted by Crippen LogP contribution is 2.38. The number of anilines is 1. The highest BCUT2D eigenvalue weighted by atomic mass is 16.5. The van der Waals surface area contributed by atoms with E-state index in [1.165, 1.54) is 11.1 Å². The Bertz CT molecular complexity index is 568. The Morgan fingerprint density at radius 3 is 2.68 bits per heavy atom. The number of hydrogen-bond donors (Lipinski definition) is 2. The zero-order valence-corrected chi connectivity index (χ0v) is 10.8. The molecule has 2 atom stereocenters. The van der Waals surface area contributed by atoms with Crippen molar-refractivity contribution in [1.82, 2.24) is 4.98 Å². The van der Waals surface area contributed by atoms with Crippen molar-refractivity contribution >= 4 is 5.69 Å². The zero-order valence-electron chi connectivity index (χ0n) is 10.8. The minimum atomic E-state index is 0.111. The molecule has 3 rings (SSSR count). The van der Waals surface area contributed by atoms with Gasteiger partial charge in [-0.25, -0.2) is 4.98 Å². The molecule has 0 radical (unpaired) electrons. The molecule has 3 N–H and O–H groups in total. The lowest BCUT2D eigenvalue weighted by molar-refractivity contribution is 0.398. The molecule has 2 aromatic rings. The smallest absolute Gasteiger partial charge is 0.213 e. The third-order valence-corrected chi connectivity index (χ3v) is 3.55. The second-order valence-electron chi connectivity index (χ2n) is 4.76. The van der Waals surface area contributed by atoms with Crippen LogP contribution in [0.4, 0.5) is 5.69 Å². The molecule has 19 heavy (non-hydrogen) atoms. The SMILES string of the molecule is COc1ccc(NC2CC(N)c3ccccc32)cn1. The lowest BCUT2D eigenvalue weighted by atomic mass is 10.1. The van der Waals surface area contributed by atoms with Crippen molar-refractivity contribution in [3.8, 4) is 5.88 Å². The molecular weight excluding hydrogens is 238 g/mol. The van der Waals surface area contributed by atoms with Gasteiger partial charge in [0.1, 0.15) is 0 Å². The average molecular weight is 255 g/mol. The van der Waals surface area contributed by atoms with Crippen LogP contribution < -0.4 is 15.8 Å². The van der Waals surface area contributed by atoms with Crippen LogP contribution in [0.3, 0.4) is 0 Å². The second kappa shape index (κ2) is 4.90. The molecule has 1 aromatic heterocycles. The first kappa shape index (κ1) is 12.0. The van der Waals surface area contributed by atoms with Crippen molar-refractivity contribution in [1.29, 1.82) is 0 Å². The maximum absolute atomic E-state index is 6.16. The Hall–Kier alpha value is -2.07. The van der Waals surface area contributed by atoms with Gasteiger partial charge in [-0.1, -0.05) is 24.3 Å². The number of benzene rings is 1. The molecule has 98 valence electrons. The molecule has 0 saturated carbocycles. The number of pyridine rings is 1. The van der Waals surface area contributed by atoms with Gasteiger partial charge in [0.15, 0.2) is 0 Å². The quantitative estimate of drug-likeness (QED) is 0.885. The van der Waals surface area contributed by atoms with Gasteiger partial charge in [-0.15, -0.1) is 0 Å². The molecule has 4 heteroatoms. The summed E-state index contributed by atoms with van der Waals surface area (Å²) in [7, 11) is 1.61. The zero-order chi connectivity index (χ0) is 13.2. The summed E-state index contributed by atoms with van der Waals surface area (Å²) in [5.41, 5.74) is 9.66. The number of nitrogens with two attached hydrogens (primary N) is 1. The molecule has 0 bridgehead atoms. The van der Waals surface area contributed by atoms with E-state index in [9.17, 15) is 0 Å². The summed E-state index contributed by atoms with van der Waals surface area (Å²) < 4.78 is 5.05. The number of aromatic nitrogens is 1. The van der Waals surface area contributed by atoms with Crippen molar-refractivity contribution in [3.63, 3.8) is 0 Å². The topological polar surface area (TPSA) is 60.2 Å². The minimum absolute atomic E-state index is 0.111. The van der Waals surface area contributed by atoms with E-state index in [0.29, 0.717) is 5.88 Å². The highest BCUT2D eigenvalue weighted by molar-refractivity contribution is 5.48. The number of nitrogens with one attached hydrogen (secondary N) is 1. The van der Waals surface area contributed by atoms with Crippen LogP contribution in [0, 0.1) is 0 Å². The maximum atomic E-state index is 6.16. The van der Waals surface area contributed by atoms with E-state index < -0.39 is 0 Å². The van der Waals surface area contributed by atoms with Crippen molar-refractivity contribution in [2.45, 2.75) is 18.5 Å². The Morgan fingerprint density at radius 2 is 2.00 bits per heavy atom.